The van der Waals surface area contributed by atoms with E-state index in [9.17, 15) is 35.5 Å². The van der Waals surface area contributed by atoms with E-state index in [4.69, 9.17) is 33.5 Å². The predicted octanol–water partition coefficient (Wildman–Crippen LogP) is 6.93. The van der Waals surface area contributed by atoms with Gasteiger partial charge in [0.2, 0.25) is 0 Å². The Balaban J connectivity index is 1.38. The van der Waals surface area contributed by atoms with E-state index < -0.39 is 47.0 Å². The molecule has 0 saturated carbocycles. The molecule has 282 valence electrons. The van der Waals surface area contributed by atoms with Crippen molar-refractivity contribution in [1.82, 2.24) is 6.55 Å². The zero-order valence-electron chi connectivity index (χ0n) is 28.1. The van der Waals surface area contributed by atoms with E-state index in [0.717, 1.165) is 6.55 Å². The second-order valence-corrected chi connectivity index (χ2v) is 17.2. The van der Waals surface area contributed by atoms with Crippen molar-refractivity contribution in [2.24, 2.45) is 30.0 Å². The van der Waals surface area contributed by atoms with Crippen molar-refractivity contribution in [2.45, 2.75) is 23.9 Å². The third kappa shape index (κ3) is 4.73. The maximum atomic E-state index is 15.6. The molecule has 0 N–H and O–H groups in total. The molecule has 0 fully saturated rings. The van der Waals surface area contributed by atoms with E-state index in [0.29, 0.717) is 22.3 Å². The van der Waals surface area contributed by atoms with E-state index in [-0.39, 0.29) is 67.5 Å². The molecule has 2 aromatic heterocycles. The van der Waals surface area contributed by atoms with Crippen LogP contribution in [0.1, 0.15) is 22.3 Å². The summed E-state index contributed by atoms with van der Waals surface area (Å²) in [5.74, 6) is -24.8. The summed E-state index contributed by atoms with van der Waals surface area (Å²) in [4.78, 5) is 42.2. The normalized spacial score (nSPS) is 15.8. The van der Waals surface area contributed by atoms with E-state index in [1.807, 2.05) is 0 Å². The molecule has 6 heterocycles. The Morgan fingerprint density at radius 3 is 1.25 bits per heavy atom. The molecule has 0 unspecified atom stereocenters. The van der Waals surface area contributed by atoms with Crippen LogP contribution < -0.4 is 11.0 Å². The quantitative estimate of drug-likeness (QED) is 0.142. The third-order valence-electron chi connectivity index (χ3n) is 9.87. The van der Waals surface area contributed by atoms with Gasteiger partial charge in [0.1, 0.15) is 0 Å². The molecule has 4 aliphatic rings. The molecule has 10 rings (SSSR count). The van der Waals surface area contributed by atoms with Crippen LogP contribution in [0.3, 0.4) is 0 Å². The molecular formula is C37H16F9GaN8O2. The number of nitrogens with zero attached hydrogens (tertiary/aromatic N) is 8. The zero-order chi connectivity index (χ0) is 39.8. The zero-order valence-corrected chi connectivity index (χ0v) is 30.5. The second-order valence-electron chi connectivity index (χ2n) is 13.1. The van der Waals surface area contributed by atoms with Crippen molar-refractivity contribution in [3.63, 3.8) is 0 Å². The van der Waals surface area contributed by atoms with Gasteiger partial charge in [0, 0.05) is 0 Å². The number of fused-ring (bicyclic) bond motifs is 14. The number of aliphatic imine (C=N–C) groups is 4. The number of benzene rings is 4. The summed E-state index contributed by atoms with van der Waals surface area (Å²) in [6.45, 7) is 0. The standard InChI is InChI=1S/C32H16N8.C5HF9O2.Ga/c1-2-10-18-17(9-1)25-33-26(18)38-28-21-13-5-6-14-22(21)30(35-28)40-32-24-16-8-7-15-23(24)31(36-32)39-29-20-12-4-3-11-19(20)27(34-29)37-25;6-2(7,1(15)16)3(8,9)4(10,11)5(12,13)14;/h1-16H;(H,15,16);/q-2;;+3/p-1. The molecule has 6 aromatic rings. The van der Waals surface area contributed by atoms with Gasteiger partial charge in [-0.2, -0.15) is 0 Å². The third-order valence-corrected chi connectivity index (χ3v) is 14.7. The molecule has 10 nitrogen and oxygen atoms in total. The van der Waals surface area contributed by atoms with Crippen LogP contribution in [0.2, 0.25) is 0 Å². The van der Waals surface area contributed by atoms with Crippen LogP contribution in [0, 0.1) is 0 Å². The van der Waals surface area contributed by atoms with E-state index in [2.05, 4.69) is 0 Å². The number of carbonyl (C=O) groups excluding carboxylic acids is 1. The summed E-state index contributed by atoms with van der Waals surface area (Å²) in [6.07, 6.45) is -7.18. The number of amidine groups is 4. The molecule has 0 aliphatic carbocycles. The van der Waals surface area contributed by atoms with Gasteiger partial charge in [-0.3, -0.25) is 0 Å². The molecule has 0 amide bonds. The van der Waals surface area contributed by atoms with Crippen LogP contribution in [0.15, 0.2) is 127 Å². The number of halogens is 9. The predicted molar refractivity (Wildman–Crippen MR) is 188 cm³/mol. The Labute approximate surface area is 317 Å². The molecule has 0 spiro atoms. The van der Waals surface area contributed by atoms with Crippen molar-refractivity contribution >= 4 is 79.6 Å². The first kappa shape index (κ1) is 35.2. The van der Waals surface area contributed by atoms with E-state index in [1.165, 1.54) is 0 Å². The number of rotatable bonds is 4. The Morgan fingerprint density at radius 1 is 0.474 bits per heavy atom. The van der Waals surface area contributed by atoms with Gasteiger partial charge in [0.15, 0.2) is 0 Å². The van der Waals surface area contributed by atoms with Crippen LogP contribution in [0.5, 0.6) is 0 Å². The number of hydrogen-bond acceptors (Lipinski definition) is 8. The topological polar surface area (TPSA) is 110 Å². The van der Waals surface area contributed by atoms with Crippen LogP contribution >= 0.6 is 0 Å². The van der Waals surface area contributed by atoms with Crippen LogP contribution in [0.4, 0.5) is 51.1 Å². The number of hydrogen-bond donors (Lipinski definition) is 0. The summed E-state index contributed by atoms with van der Waals surface area (Å²) in [7, 11) is 0. The summed E-state index contributed by atoms with van der Waals surface area (Å²) >= 11 is -5.50. The van der Waals surface area contributed by atoms with Gasteiger partial charge < -0.3 is 0 Å². The van der Waals surface area contributed by atoms with Crippen molar-refractivity contribution in [2.75, 3.05) is 0 Å². The van der Waals surface area contributed by atoms with Gasteiger partial charge in [0.05, 0.1) is 0 Å². The average Bonchev–Trinajstić information content (AvgIpc) is 3.89. The first-order valence-electron chi connectivity index (χ1n) is 16.7. The summed E-state index contributed by atoms with van der Waals surface area (Å²) in [5.41, 5.74) is 1.61. The number of alkyl halides is 9. The Bertz CT molecular complexity index is 2910. The van der Waals surface area contributed by atoms with Crippen molar-refractivity contribution in [1.29, 1.82) is 0 Å². The first-order valence-corrected chi connectivity index (χ1v) is 19.9. The Kier molecular flexibility index (Phi) is 7.17. The van der Waals surface area contributed by atoms with Crippen LogP contribution in [-0.2, 0) is 8.32 Å². The van der Waals surface area contributed by atoms with Gasteiger partial charge in [0.25, 0.3) is 0 Å². The van der Waals surface area contributed by atoms with Gasteiger partial charge in [-0.05, 0) is 0 Å². The molecule has 57 heavy (non-hydrogen) atoms. The summed E-state index contributed by atoms with van der Waals surface area (Å²) in [6, 6.07) is 26.2. The minimum atomic E-state index is -7.36. The van der Waals surface area contributed by atoms with Crippen molar-refractivity contribution in [3.05, 3.63) is 130 Å². The fraction of sp³-hybridized carbons (Fsp3) is 0.108. The molecule has 6 bridgehead atoms. The Morgan fingerprint density at radius 2 is 0.842 bits per heavy atom. The van der Waals surface area contributed by atoms with E-state index >= 15 is 8.78 Å². The monoisotopic (exact) mass is 844 g/mol. The molecule has 20 heteroatoms. The summed E-state index contributed by atoms with van der Waals surface area (Å²) in [5, 5.41) is 1.06. The fourth-order valence-electron chi connectivity index (χ4n) is 7.16. The molecule has 4 aromatic carbocycles. The van der Waals surface area contributed by atoms with E-state index in [1.54, 1.807) is 97.1 Å². The van der Waals surface area contributed by atoms with Gasteiger partial charge in [-0.1, -0.05) is 0 Å². The van der Waals surface area contributed by atoms with Gasteiger partial charge in [-0.25, -0.2) is 0 Å². The molecular weight excluding hydrogens is 829 g/mol. The average molecular weight is 845 g/mol. The van der Waals surface area contributed by atoms with Crippen LogP contribution in [0.25, 0.3) is 21.5 Å². The Hall–Kier alpha value is -6.28. The molecule has 0 atom stereocenters. The maximum absolute atomic E-state index is 15.6. The number of carbonyl (C=O) groups is 1. The van der Waals surface area contributed by atoms with Gasteiger partial charge >= 0.3 is 318 Å². The minimum absolute atomic E-state index is 0.0510. The van der Waals surface area contributed by atoms with Crippen molar-refractivity contribution in [3.8, 4) is 0 Å². The molecule has 0 saturated heterocycles. The van der Waals surface area contributed by atoms with Gasteiger partial charge in [-0.15, -0.1) is 0 Å². The molecule has 0 radical (unpaired) electrons. The SMILES string of the molecule is O=C([O][Ga]1[n]2c3c4ccccc4c2N=C2N=C(N=c4c5ccccc5c([n]41)=NC1=NC(=N3)c3ccccc31)c1ccccc12)C(F)(F)C(F)(F)C(F)(F)C(F)(F)F. The van der Waals surface area contributed by atoms with Crippen molar-refractivity contribution < 1.29 is 47.8 Å². The second kappa shape index (κ2) is 11.6. The number of aromatic nitrogens is 2. The summed E-state index contributed by atoms with van der Waals surface area (Å²) < 4.78 is 137. The first-order chi connectivity index (χ1) is 27.1. The fourth-order valence-corrected chi connectivity index (χ4v) is 12.2. The molecule has 4 aliphatic heterocycles. The van der Waals surface area contributed by atoms with Crippen LogP contribution in [-0.4, -0.2) is 76.9 Å².